The van der Waals surface area contributed by atoms with E-state index in [0.717, 1.165) is 31.2 Å². The maximum Gasteiger partial charge on any atom is 0.307 e. The van der Waals surface area contributed by atoms with Gasteiger partial charge in [-0.15, -0.1) is 0 Å². The van der Waals surface area contributed by atoms with Crippen molar-refractivity contribution in [3.8, 4) is 0 Å². The molecule has 1 heterocycles. The number of benzene rings is 1. The molecule has 7 heteroatoms. The first-order valence-corrected chi connectivity index (χ1v) is 11.2. The molecule has 0 atom stereocenters. The second-order valence-corrected chi connectivity index (χ2v) is 8.46. The minimum absolute atomic E-state index is 0.0287. The highest BCUT2D eigenvalue weighted by molar-refractivity contribution is 6.30. The largest absolute Gasteiger partial charge is 0.466 e. The van der Waals surface area contributed by atoms with Crippen molar-refractivity contribution in [2.24, 2.45) is 5.73 Å². The summed E-state index contributed by atoms with van der Waals surface area (Å²) in [6.07, 6.45) is 6.69. The Labute approximate surface area is 188 Å². The Bertz CT molecular complexity index is 883. The fourth-order valence-electron chi connectivity index (χ4n) is 4.45. The van der Waals surface area contributed by atoms with Crippen LogP contribution in [-0.2, 0) is 14.9 Å². The second-order valence-electron chi connectivity index (χ2n) is 8.02. The Morgan fingerprint density at radius 1 is 1.26 bits per heavy atom. The minimum Gasteiger partial charge on any atom is -0.466 e. The number of rotatable bonds is 8. The van der Waals surface area contributed by atoms with Gasteiger partial charge in [0.15, 0.2) is 0 Å². The minimum atomic E-state index is -0.294. The van der Waals surface area contributed by atoms with Crippen LogP contribution in [0.5, 0.6) is 0 Å². The third-order valence-corrected chi connectivity index (χ3v) is 6.45. The standard InChI is InChI=1S/C24H30ClN3O3/c1-2-31-22(29)10-14-28(23(30)18-5-4-13-27-16-18)21-8-11-24(17-26,12-9-21)19-6-3-7-20(25)15-19/h3-7,13,15-16,21H,2,8-12,14,17,26H2,1H3. The van der Waals surface area contributed by atoms with Gasteiger partial charge in [0.1, 0.15) is 0 Å². The van der Waals surface area contributed by atoms with Gasteiger partial charge in [0.25, 0.3) is 5.91 Å². The fourth-order valence-corrected chi connectivity index (χ4v) is 4.64. The third-order valence-electron chi connectivity index (χ3n) is 6.21. The van der Waals surface area contributed by atoms with E-state index in [4.69, 9.17) is 22.1 Å². The molecule has 2 N–H and O–H groups in total. The van der Waals surface area contributed by atoms with E-state index in [-0.39, 0.29) is 29.8 Å². The monoisotopic (exact) mass is 443 g/mol. The lowest BCUT2D eigenvalue weighted by molar-refractivity contribution is -0.143. The fraction of sp³-hybridized carbons (Fsp3) is 0.458. The van der Waals surface area contributed by atoms with Gasteiger partial charge in [-0.25, -0.2) is 0 Å². The molecule has 0 radical (unpaired) electrons. The van der Waals surface area contributed by atoms with Gasteiger partial charge in [-0.1, -0.05) is 23.7 Å². The van der Waals surface area contributed by atoms with Gasteiger partial charge in [-0.2, -0.15) is 0 Å². The molecule has 0 unspecified atom stereocenters. The van der Waals surface area contributed by atoms with Crippen molar-refractivity contribution in [3.63, 3.8) is 0 Å². The molecule has 6 nitrogen and oxygen atoms in total. The number of amides is 1. The van der Waals surface area contributed by atoms with Crippen LogP contribution in [0, 0.1) is 0 Å². The Morgan fingerprint density at radius 3 is 2.65 bits per heavy atom. The van der Waals surface area contributed by atoms with Crippen molar-refractivity contribution in [2.75, 3.05) is 19.7 Å². The molecule has 1 amide bonds. The number of pyridine rings is 1. The Balaban J connectivity index is 1.77. The van der Waals surface area contributed by atoms with E-state index in [1.165, 1.54) is 0 Å². The molecule has 0 spiro atoms. The molecule has 166 valence electrons. The number of carbonyl (C=O) groups excluding carboxylic acids is 2. The van der Waals surface area contributed by atoms with E-state index in [1.807, 2.05) is 23.1 Å². The quantitative estimate of drug-likeness (QED) is 0.624. The maximum atomic E-state index is 13.3. The second kappa shape index (κ2) is 10.7. The van der Waals surface area contributed by atoms with Crippen LogP contribution >= 0.6 is 11.6 Å². The Kier molecular flexibility index (Phi) is 8.04. The number of aromatic nitrogens is 1. The molecule has 1 aliphatic rings. The van der Waals surface area contributed by atoms with E-state index in [2.05, 4.69) is 11.1 Å². The van der Waals surface area contributed by atoms with Crippen LogP contribution in [0.4, 0.5) is 0 Å². The highest BCUT2D eigenvalue weighted by Crippen LogP contribution is 2.41. The van der Waals surface area contributed by atoms with E-state index in [1.54, 1.807) is 31.5 Å². The third kappa shape index (κ3) is 5.63. The van der Waals surface area contributed by atoms with Gasteiger partial charge in [0, 0.05) is 42.0 Å². The average Bonchev–Trinajstić information content (AvgIpc) is 2.80. The number of ether oxygens (including phenoxy) is 1. The summed E-state index contributed by atoms with van der Waals surface area (Å²) < 4.78 is 5.07. The normalized spacial score (nSPS) is 20.8. The number of esters is 1. The highest BCUT2D eigenvalue weighted by Gasteiger charge is 2.38. The number of hydrogen-bond acceptors (Lipinski definition) is 5. The molecule has 1 aliphatic carbocycles. The lowest BCUT2D eigenvalue weighted by Crippen LogP contribution is -2.48. The first-order valence-electron chi connectivity index (χ1n) is 10.8. The summed E-state index contributed by atoms with van der Waals surface area (Å²) in [5.41, 5.74) is 7.76. The average molecular weight is 444 g/mol. The molecular weight excluding hydrogens is 414 g/mol. The Hall–Kier alpha value is -2.44. The van der Waals surface area contributed by atoms with E-state index in [0.29, 0.717) is 30.3 Å². The molecule has 3 rings (SSSR count). The van der Waals surface area contributed by atoms with Gasteiger partial charge < -0.3 is 15.4 Å². The number of nitrogens with two attached hydrogens (primary N) is 1. The van der Waals surface area contributed by atoms with Crippen LogP contribution in [0.3, 0.4) is 0 Å². The summed E-state index contributed by atoms with van der Waals surface area (Å²) in [7, 11) is 0. The first-order chi connectivity index (χ1) is 15.0. The van der Waals surface area contributed by atoms with Gasteiger partial charge in [0.2, 0.25) is 0 Å². The summed E-state index contributed by atoms with van der Waals surface area (Å²) in [6, 6.07) is 11.4. The molecule has 1 saturated carbocycles. The number of halogens is 1. The van der Waals surface area contributed by atoms with Crippen LogP contribution in [0.1, 0.15) is 54.9 Å². The molecule has 0 aliphatic heterocycles. The first kappa shape index (κ1) is 23.2. The molecule has 1 aromatic carbocycles. The van der Waals surface area contributed by atoms with Crippen LogP contribution in [-0.4, -0.2) is 47.5 Å². The summed E-state index contributed by atoms with van der Waals surface area (Å²) in [6.45, 7) is 2.96. The molecular formula is C24H30ClN3O3. The summed E-state index contributed by atoms with van der Waals surface area (Å²) in [5, 5.41) is 0.704. The molecule has 1 aromatic heterocycles. The van der Waals surface area contributed by atoms with Crippen LogP contribution in [0.2, 0.25) is 5.02 Å². The summed E-state index contributed by atoms with van der Waals surface area (Å²) in [5.74, 6) is -0.400. The van der Waals surface area contributed by atoms with Crippen molar-refractivity contribution in [1.29, 1.82) is 0 Å². The van der Waals surface area contributed by atoms with E-state index in [9.17, 15) is 9.59 Å². The number of nitrogens with zero attached hydrogens (tertiary/aromatic N) is 2. The molecule has 31 heavy (non-hydrogen) atoms. The predicted molar refractivity (Wildman–Crippen MR) is 121 cm³/mol. The number of carbonyl (C=O) groups is 2. The lowest BCUT2D eigenvalue weighted by Gasteiger charge is -2.43. The van der Waals surface area contributed by atoms with Crippen molar-refractivity contribution in [1.82, 2.24) is 9.88 Å². The van der Waals surface area contributed by atoms with Crippen molar-refractivity contribution in [2.45, 2.75) is 50.5 Å². The van der Waals surface area contributed by atoms with Gasteiger partial charge >= 0.3 is 5.97 Å². The zero-order chi connectivity index (χ0) is 22.3. The molecule has 1 fully saturated rings. The SMILES string of the molecule is CCOC(=O)CCN(C(=O)c1cccnc1)C1CCC(CN)(c2cccc(Cl)c2)CC1. The lowest BCUT2D eigenvalue weighted by atomic mass is 9.68. The zero-order valence-corrected chi connectivity index (χ0v) is 18.7. The van der Waals surface area contributed by atoms with Crippen LogP contribution in [0.25, 0.3) is 0 Å². The summed E-state index contributed by atoms with van der Waals surface area (Å²) >= 11 is 6.22. The van der Waals surface area contributed by atoms with Crippen LogP contribution in [0.15, 0.2) is 48.8 Å². The van der Waals surface area contributed by atoms with E-state index >= 15 is 0 Å². The zero-order valence-electron chi connectivity index (χ0n) is 17.9. The van der Waals surface area contributed by atoms with Gasteiger partial charge in [-0.05, 0) is 62.4 Å². The molecule has 2 aromatic rings. The van der Waals surface area contributed by atoms with E-state index < -0.39 is 0 Å². The number of hydrogen-bond donors (Lipinski definition) is 1. The Morgan fingerprint density at radius 2 is 2.03 bits per heavy atom. The van der Waals surface area contributed by atoms with Crippen molar-refractivity contribution in [3.05, 3.63) is 64.9 Å². The van der Waals surface area contributed by atoms with Gasteiger partial charge in [-0.3, -0.25) is 14.6 Å². The molecule has 0 saturated heterocycles. The van der Waals surface area contributed by atoms with Crippen molar-refractivity contribution >= 4 is 23.5 Å². The topological polar surface area (TPSA) is 85.5 Å². The molecule has 0 bridgehead atoms. The van der Waals surface area contributed by atoms with Gasteiger partial charge in [0.05, 0.1) is 18.6 Å². The van der Waals surface area contributed by atoms with Crippen LogP contribution < -0.4 is 5.73 Å². The van der Waals surface area contributed by atoms with Crippen molar-refractivity contribution < 1.29 is 14.3 Å². The highest BCUT2D eigenvalue weighted by atomic mass is 35.5. The smallest absolute Gasteiger partial charge is 0.307 e. The maximum absolute atomic E-state index is 13.3. The predicted octanol–water partition coefficient (Wildman–Crippen LogP) is 3.97. The summed E-state index contributed by atoms with van der Waals surface area (Å²) in [4.78, 5) is 31.1.